The third-order valence-electron chi connectivity index (χ3n) is 4.60. The molecule has 2 heterocycles. The lowest BCUT2D eigenvalue weighted by molar-refractivity contribution is 0.0677. The molecule has 1 aliphatic heterocycles. The Morgan fingerprint density at radius 3 is 2.80 bits per heavy atom. The second-order valence-electron chi connectivity index (χ2n) is 6.25. The van der Waals surface area contributed by atoms with Gasteiger partial charge in [-0.25, -0.2) is 0 Å². The molecule has 0 saturated carbocycles. The number of aromatic nitrogens is 1. The number of nitrogens with one attached hydrogen (secondary N) is 1. The Balaban J connectivity index is 1.90. The topological polar surface area (TPSA) is 53.2 Å². The number of carbonyl (C=O) groups excluding carboxylic acids is 2. The van der Waals surface area contributed by atoms with Crippen LogP contribution in [0, 0.1) is 12.8 Å². The van der Waals surface area contributed by atoms with Crippen molar-refractivity contribution < 1.29 is 9.59 Å². The SMILES string of the molecule is Cc1c(C(=O)N2CCCC(C)C2)[nH]c2c1C(=O)CCC2. The number of carbonyl (C=O) groups is 2. The summed E-state index contributed by atoms with van der Waals surface area (Å²) in [5, 5.41) is 0. The molecule has 3 rings (SSSR count). The van der Waals surface area contributed by atoms with Crippen LogP contribution in [-0.4, -0.2) is 34.7 Å². The molecule has 20 heavy (non-hydrogen) atoms. The van der Waals surface area contributed by atoms with Crippen molar-refractivity contribution in [3.05, 3.63) is 22.5 Å². The first-order valence-electron chi connectivity index (χ1n) is 7.62. The van der Waals surface area contributed by atoms with Crippen LogP contribution in [0.2, 0.25) is 0 Å². The van der Waals surface area contributed by atoms with Crippen LogP contribution in [0.25, 0.3) is 0 Å². The van der Waals surface area contributed by atoms with E-state index in [1.807, 2.05) is 11.8 Å². The van der Waals surface area contributed by atoms with Crippen LogP contribution >= 0.6 is 0 Å². The van der Waals surface area contributed by atoms with E-state index >= 15 is 0 Å². The first-order valence-corrected chi connectivity index (χ1v) is 7.62. The molecular weight excluding hydrogens is 252 g/mol. The molecule has 4 heteroatoms. The number of likely N-dealkylation sites (tertiary alicyclic amines) is 1. The summed E-state index contributed by atoms with van der Waals surface area (Å²) in [5.41, 5.74) is 3.24. The second kappa shape index (κ2) is 5.08. The maximum Gasteiger partial charge on any atom is 0.270 e. The van der Waals surface area contributed by atoms with Gasteiger partial charge in [0.25, 0.3) is 5.91 Å². The smallest absolute Gasteiger partial charge is 0.270 e. The molecule has 1 saturated heterocycles. The molecule has 1 N–H and O–H groups in total. The Kier molecular flexibility index (Phi) is 3.40. The van der Waals surface area contributed by atoms with E-state index < -0.39 is 0 Å². The Bertz CT molecular complexity index is 559. The van der Waals surface area contributed by atoms with E-state index in [1.165, 1.54) is 6.42 Å². The summed E-state index contributed by atoms with van der Waals surface area (Å²) in [6, 6.07) is 0. The minimum Gasteiger partial charge on any atom is -0.354 e. The standard InChI is InChI=1S/C16H22N2O2/c1-10-5-4-8-18(9-10)16(20)15-11(2)14-12(17-15)6-3-7-13(14)19/h10,17H,3-9H2,1-2H3. The summed E-state index contributed by atoms with van der Waals surface area (Å²) in [6.45, 7) is 5.75. The summed E-state index contributed by atoms with van der Waals surface area (Å²) in [4.78, 5) is 29.9. The minimum atomic E-state index is 0.0660. The number of fused-ring (bicyclic) bond motifs is 1. The van der Waals surface area contributed by atoms with Crippen LogP contribution in [0.1, 0.15) is 64.7 Å². The number of rotatable bonds is 1. The molecule has 1 atom stereocenters. The molecule has 1 amide bonds. The highest BCUT2D eigenvalue weighted by Crippen LogP contribution is 2.28. The number of ketones is 1. The summed E-state index contributed by atoms with van der Waals surface area (Å²) in [6.07, 6.45) is 4.65. The lowest BCUT2D eigenvalue weighted by Gasteiger charge is -2.30. The van der Waals surface area contributed by atoms with Crippen molar-refractivity contribution in [3.8, 4) is 0 Å². The predicted molar refractivity (Wildman–Crippen MR) is 77.1 cm³/mol. The molecule has 1 fully saturated rings. The third-order valence-corrected chi connectivity index (χ3v) is 4.60. The minimum absolute atomic E-state index is 0.0660. The van der Waals surface area contributed by atoms with Crippen molar-refractivity contribution in [2.24, 2.45) is 5.92 Å². The van der Waals surface area contributed by atoms with Crippen LogP contribution in [0.3, 0.4) is 0 Å². The van der Waals surface area contributed by atoms with E-state index in [4.69, 9.17) is 0 Å². The molecule has 0 radical (unpaired) electrons. The second-order valence-corrected chi connectivity index (χ2v) is 6.25. The van der Waals surface area contributed by atoms with Gasteiger partial charge in [0.05, 0.1) is 0 Å². The van der Waals surface area contributed by atoms with Gasteiger partial charge in [-0.05, 0) is 44.1 Å². The Morgan fingerprint density at radius 1 is 1.30 bits per heavy atom. The van der Waals surface area contributed by atoms with Gasteiger partial charge in [0.15, 0.2) is 5.78 Å². The number of aryl methyl sites for hydroxylation is 1. The summed E-state index contributed by atoms with van der Waals surface area (Å²) in [5.74, 6) is 0.821. The lowest BCUT2D eigenvalue weighted by Crippen LogP contribution is -2.39. The van der Waals surface area contributed by atoms with Crippen LogP contribution < -0.4 is 0 Å². The maximum atomic E-state index is 12.7. The number of hydrogen-bond acceptors (Lipinski definition) is 2. The first-order chi connectivity index (χ1) is 9.58. The molecule has 0 aromatic carbocycles. The average Bonchev–Trinajstić information content (AvgIpc) is 2.76. The molecule has 1 aromatic heterocycles. The quantitative estimate of drug-likeness (QED) is 0.856. The monoisotopic (exact) mass is 274 g/mol. The molecule has 108 valence electrons. The fraction of sp³-hybridized carbons (Fsp3) is 0.625. The highest BCUT2D eigenvalue weighted by atomic mass is 16.2. The fourth-order valence-electron chi connectivity index (χ4n) is 3.52. The van der Waals surface area contributed by atoms with Gasteiger partial charge in [0.2, 0.25) is 0 Å². The van der Waals surface area contributed by atoms with Gasteiger partial charge in [-0.2, -0.15) is 0 Å². The summed E-state index contributed by atoms with van der Waals surface area (Å²) < 4.78 is 0. The van der Waals surface area contributed by atoms with Gasteiger partial charge in [-0.1, -0.05) is 6.92 Å². The number of piperidine rings is 1. The van der Waals surface area contributed by atoms with E-state index in [2.05, 4.69) is 11.9 Å². The zero-order chi connectivity index (χ0) is 14.3. The van der Waals surface area contributed by atoms with Crippen molar-refractivity contribution in [1.82, 2.24) is 9.88 Å². The maximum absolute atomic E-state index is 12.7. The Labute approximate surface area is 119 Å². The van der Waals surface area contributed by atoms with E-state index in [-0.39, 0.29) is 11.7 Å². The largest absolute Gasteiger partial charge is 0.354 e. The first kappa shape index (κ1) is 13.4. The highest BCUT2D eigenvalue weighted by Gasteiger charge is 2.29. The number of hydrogen-bond donors (Lipinski definition) is 1. The molecule has 1 unspecified atom stereocenters. The molecular formula is C16H22N2O2. The predicted octanol–water partition coefficient (Wildman–Crippen LogP) is 2.71. The molecule has 1 aromatic rings. The van der Waals surface area contributed by atoms with Gasteiger partial charge in [0.1, 0.15) is 5.69 Å². The summed E-state index contributed by atoms with van der Waals surface area (Å²) in [7, 11) is 0. The van der Waals surface area contributed by atoms with Crippen LogP contribution in [0.5, 0.6) is 0 Å². The molecule has 0 bridgehead atoms. The number of Topliss-reactive ketones (excluding diaryl/α,β-unsaturated/α-hetero) is 1. The van der Waals surface area contributed by atoms with Crippen LogP contribution in [-0.2, 0) is 6.42 Å². The number of aromatic amines is 1. The number of amides is 1. The Hall–Kier alpha value is -1.58. The molecule has 1 aliphatic carbocycles. The van der Waals surface area contributed by atoms with Crippen molar-refractivity contribution in [2.75, 3.05) is 13.1 Å². The van der Waals surface area contributed by atoms with Crippen molar-refractivity contribution >= 4 is 11.7 Å². The number of nitrogens with zero attached hydrogens (tertiary/aromatic N) is 1. The van der Waals surface area contributed by atoms with Gasteiger partial charge >= 0.3 is 0 Å². The van der Waals surface area contributed by atoms with Gasteiger partial charge in [-0.3, -0.25) is 9.59 Å². The molecule has 0 spiro atoms. The average molecular weight is 274 g/mol. The van der Waals surface area contributed by atoms with Crippen molar-refractivity contribution in [1.29, 1.82) is 0 Å². The third kappa shape index (κ3) is 2.17. The van der Waals surface area contributed by atoms with E-state index in [0.29, 0.717) is 18.0 Å². The van der Waals surface area contributed by atoms with Gasteiger partial charge < -0.3 is 9.88 Å². The van der Waals surface area contributed by atoms with E-state index in [9.17, 15) is 9.59 Å². The molecule has 4 nitrogen and oxygen atoms in total. The zero-order valence-electron chi connectivity index (χ0n) is 12.3. The van der Waals surface area contributed by atoms with Crippen molar-refractivity contribution in [3.63, 3.8) is 0 Å². The lowest BCUT2D eigenvalue weighted by atomic mass is 9.93. The van der Waals surface area contributed by atoms with Crippen LogP contribution in [0.4, 0.5) is 0 Å². The normalized spacial score (nSPS) is 22.8. The number of H-pyrrole nitrogens is 1. The summed E-state index contributed by atoms with van der Waals surface area (Å²) >= 11 is 0. The fourth-order valence-corrected chi connectivity index (χ4v) is 3.52. The van der Waals surface area contributed by atoms with E-state index in [1.54, 1.807) is 0 Å². The van der Waals surface area contributed by atoms with Gasteiger partial charge in [-0.15, -0.1) is 0 Å². The van der Waals surface area contributed by atoms with E-state index in [0.717, 1.165) is 49.2 Å². The van der Waals surface area contributed by atoms with Gasteiger partial charge in [0, 0.05) is 30.8 Å². The Morgan fingerprint density at radius 2 is 2.10 bits per heavy atom. The van der Waals surface area contributed by atoms with Crippen molar-refractivity contribution in [2.45, 2.75) is 46.0 Å². The zero-order valence-corrected chi connectivity index (χ0v) is 12.3. The molecule has 2 aliphatic rings. The highest BCUT2D eigenvalue weighted by molar-refractivity contribution is 6.04. The van der Waals surface area contributed by atoms with Crippen LogP contribution in [0.15, 0.2) is 0 Å².